The van der Waals surface area contributed by atoms with E-state index in [1.165, 1.54) is 4.90 Å². The molecule has 0 spiro atoms. The van der Waals surface area contributed by atoms with Gasteiger partial charge in [-0.3, -0.25) is 9.59 Å². The van der Waals surface area contributed by atoms with Gasteiger partial charge in [-0.05, 0) is 49.1 Å². The fourth-order valence-corrected chi connectivity index (χ4v) is 5.12. The van der Waals surface area contributed by atoms with Crippen molar-refractivity contribution in [3.8, 4) is 11.3 Å². The van der Waals surface area contributed by atoms with E-state index < -0.39 is 12.1 Å². The number of hydrogen-bond donors (Lipinski definition) is 4. The van der Waals surface area contributed by atoms with Crippen LogP contribution in [-0.4, -0.2) is 75.7 Å². The number of nitrogens with one attached hydrogen (secondary N) is 3. The predicted molar refractivity (Wildman–Crippen MR) is 151 cm³/mol. The van der Waals surface area contributed by atoms with Crippen LogP contribution in [0.25, 0.3) is 11.3 Å². The van der Waals surface area contributed by atoms with Crippen LogP contribution < -0.4 is 16.0 Å². The van der Waals surface area contributed by atoms with E-state index in [0.29, 0.717) is 58.9 Å². The van der Waals surface area contributed by atoms with E-state index in [0.717, 1.165) is 18.4 Å². The first kappa shape index (κ1) is 27.8. The molecule has 4 heterocycles. The van der Waals surface area contributed by atoms with Crippen LogP contribution in [0.2, 0.25) is 5.02 Å². The van der Waals surface area contributed by atoms with Crippen LogP contribution in [0.1, 0.15) is 47.3 Å². The third kappa shape index (κ3) is 5.86. The van der Waals surface area contributed by atoms with Crippen LogP contribution in [0, 0.1) is 0 Å². The maximum Gasteiger partial charge on any atom is 0.255 e. The SMILES string of the molecule is CNc1cc([C@@H](CO)NC(=O)[C@H](C)N2Cc3ccc(-c4nc(NC5CCOCC5)ncc4Cl)cc3C2=O)ccn1. The molecule has 3 aromatic rings. The fourth-order valence-electron chi connectivity index (χ4n) is 4.92. The zero-order chi connectivity index (χ0) is 28.2. The van der Waals surface area contributed by atoms with E-state index >= 15 is 0 Å². The van der Waals surface area contributed by atoms with Gasteiger partial charge in [-0.1, -0.05) is 23.7 Å². The first-order chi connectivity index (χ1) is 19.4. The molecule has 11 nitrogen and oxygen atoms in total. The minimum Gasteiger partial charge on any atom is -0.394 e. The number of aliphatic hydroxyl groups excluding tert-OH is 1. The average Bonchev–Trinajstić information content (AvgIpc) is 3.32. The summed E-state index contributed by atoms with van der Waals surface area (Å²) < 4.78 is 5.42. The van der Waals surface area contributed by atoms with Gasteiger partial charge in [0, 0.05) is 50.2 Å². The van der Waals surface area contributed by atoms with Crippen LogP contribution in [0.4, 0.5) is 11.8 Å². The van der Waals surface area contributed by atoms with Crippen molar-refractivity contribution in [2.24, 2.45) is 0 Å². The number of carbonyl (C=O) groups excluding carboxylic acids is 2. The van der Waals surface area contributed by atoms with Crippen LogP contribution in [-0.2, 0) is 16.1 Å². The molecule has 210 valence electrons. The lowest BCUT2D eigenvalue weighted by Crippen LogP contribution is -2.46. The number of rotatable bonds is 9. The summed E-state index contributed by atoms with van der Waals surface area (Å²) in [6.07, 6.45) is 4.90. The summed E-state index contributed by atoms with van der Waals surface area (Å²) >= 11 is 6.46. The number of benzene rings is 1. The number of halogens is 1. The number of hydrogen-bond acceptors (Lipinski definition) is 9. The first-order valence-corrected chi connectivity index (χ1v) is 13.6. The molecule has 12 heteroatoms. The molecule has 2 aliphatic heterocycles. The Hall–Kier alpha value is -3.80. The molecule has 40 heavy (non-hydrogen) atoms. The second-order valence-electron chi connectivity index (χ2n) is 9.87. The van der Waals surface area contributed by atoms with Gasteiger partial charge in [0.2, 0.25) is 11.9 Å². The third-order valence-corrected chi connectivity index (χ3v) is 7.58. The van der Waals surface area contributed by atoms with Gasteiger partial charge in [-0.15, -0.1) is 0 Å². The Morgan fingerprint density at radius 1 is 1.23 bits per heavy atom. The summed E-state index contributed by atoms with van der Waals surface area (Å²) in [6, 6.07) is 7.81. The molecule has 0 radical (unpaired) electrons. The number of aliphatic hydroxyl groups is 1. The summed E-state index contributed by atoms with van der Waals surface area (Å²) in [5.74, 6) is 0.465. The smallest absolute Gasteiger partial charge is 0.255 e. The Bertz CT molecular complexity index is 1400. The van der Waals surface area contributed by atoms with Gasteiger partial charge in [-0.25, -0.2) is 15.0 Å². The topological polar surface area (TPSA) is 142 Å². The predicted octanol–water partition coefficient (Wildman–Crippen LogP) is 3.02. The van der Waals surface area contributed by atoms with Crippen molar-refractivity contribution >= 4 is 35.2 Å². The van der Waals surface area contributed by atoms with Gasteiger partial charge < -0.3 is 30.7 Å². The molecule has 5 rings (SSSR count). The van der Waals surface area contributed by atoms with Crippen molar-refractivity contribution in [2.75, 3.05) is 37.5 Å². The standard InChI is InChI=1S/C28H32ClN7O4/c1-16(26(38)34-23(15-37)17-5-8-31-24(12-17)30-2)36-14-19-4-3-18(11-21(19)27(36)39)25-22(29)13-32-28(35-25)33-20-6-9-40-10-7-20/h3-5,8,11-13,16,20,23,37H,6-7,9-10,14-15H2,1-2H3,(H,30,31)(H,34,38)(H,32,33,35)/t16-,23+/m0/s1. The Morgan fingerprint density at radius 2 is 2.02 bits per heavy atom. The fraction of sp³-hybridized carbons (Fsp3) is 0.393. The van der Waals surface area contributed by atoms with E-state index in [1.807, 2.05) is 12.1 Å². The number of fused-ring (bicyclic) bond motifs is 1. The molecule has 4 N–H and O–H groups in total. The monoisotopic (exact) mass is 565 g/mol. The average molecular weight is 566 g/mol. The lowest BCUT2D eigenvalue weighted by molar-refractivity contribution is -0.126. The molecule has 2 atom stereocenters. The van der Waals surface area contributed by atoms with E-state index in [-0.39, 0.29) is 24.5 Å². The molecular weight excluding hydrogens is 534 g/mol. The van der Waals surface area contributed by atoms with Gasteiger partial charge in [-0.2, -0.15) is 0 Å². The highest BCUT2D eigenvalue weighted by molar-refractivity contribution is 6.33. The number of carbonyl (C=O) groups is 2. The Morgan fingerprint density at radius 3 is 2.77 bits per heavy atom. The normalized spacial score (nSPS) is 16.8. The lowest BCUT2D eigenvalue weighted by Gasteiger charge is -2.26. The summed E-state index contributed by atoms with van der Waals surface area (Å²) in [5, 5.41) is 19.5. The molecule has 0 bridgehead atoms. The molecule has 1 aromatic carbocycles. The summed E-state index contributed by atoms with van der Waals surface area (Å²) in [6.45, 7) is 3.06. The zero-order valence-corrected chi connectivity index (χ0v) is 23.1. The Balaban J connectivity index is 1.30. The highest BCUT2D eigenvalue weighted by Gasteiger charge is 2.35. The summed E-state index contributed by atoms with van der Waals surface area (Å²) in [5.41, 5.74) is 3.22. The number of aromatic nitrogens is 3. The van der Waals surface area contributed by atoms with Gasteiger partial charge in [0.05, 0.1) is 29.6 Å². The second-order valence-corrected chi connectivity index (χ2v) is 10.3. The Labute approximate surface area is 237 Å². The minimum absolute atomic E-state index is 0.222. The second kappa shape index (κ2) is 12.2. The maximum atomic E-state index is 13.4. The Kier molecular flexibility index (Phi) is 8.43. The molecule has 0 saturated carbocycles. The molecule has 2 aliphatic rings. The van der Waals surface area contributed by atoms with E-state index in [4.69, 9.17) is 16.3 Å². The molecular formula is C28H32ClN7O4. The van der Waals surface area contributed by atoms with Crippen LogP contribution in [0.15, 0.2) is 42.7 Å². The van der Waals surface area contributed by atoms with Crippen molar-refractivity contribution in [3.05, 3.63) is 64.4 Å². The molecule has 1 saturated heterocycles. The summed E-state index contributed by atoms with van der Waals surface area (Å²) in [7, 11) is 1.74. The lowest BCUT2D eigenvalue weighted by atomic mass is 10.0. The molecule has 0 unspecified atom stereocenters. The van der Waals surface area contributed by atoms with Gasteiger partial charge in [0.25, 0.3) is 5.91 Å². The first-order valence-electron chi connectivity index (χ1n) is 13.2. The van der Waals surface area contributed by atoms with Crippen LogP contribution in [0.5, 0.6) is 0 Å². The largest absolute Gasteiger partial charge is 0.394 e. The maximum absolute atomic E-state index is 13.4. The number of nitrogens with zero attached hydrogens (tertiary/aromatic N) is 4. The van der Waals surface area contributed by atoms with Gasteiger partial charge >= 0.3 is 0 Å². The van der Waals surface area contributed by atoms with Crippen molar-refractivity contribution < 1.29 is 19.4 Å². The number of anilines is 2. The number of amides is 2. The van der Waals surface area contributed by atoms with Crippen molar-refractivity contribution in [3.63, 3.8) is 0 Å². The highest BCUT2D eigenvalue weighted by atomic mass is 35.5. The van der Waals surface area contributed by atoms with Crippen LogP contribution >= 0.6 is 11.6 Å². The quantitative estimate of drug-likeness (QED) is 0.308. The van der Waals surface area contributed by atoms with Crippen molar-refractivity contribution in [1.82, 2.24) is 25.2 Å². The van der Waals surface area contributed by atoms with E-state index in [1.54, 1.807) is 44.6 Å². The third-order valence-electron chi connectivity index (χ3n) is 7.30. The number of pyridine rings is 1. The minimum atomic E-state index is -0.763. The van der Waals surface area contributed by atoms with Crippen molar-refractivity contribution in [1.29, 1.82) is 0 Å². The molecule has 2 aromatic heterocycles. The van der Waals surface area contributed by atoms with E-state index in [9.17, 15) is 14.7 Å². The van der Waals surface area contributed by atoms with Crippen molar-refractivity contribution in [2.45, 2.75) is 44.4 Å². The van der Waals surface area contributed by atoms with Crippen LogP contribution in [0.3, 0.4) is 0 Å². The molecule has 1 fully saturated rings. The van der Waals surface area contributed by atoms with E-state index in [2.05, 4.69) is 30.9 Å². The highest BCUT2D eigenvalue weighted by Crippen LogP contribution is 2.32. The van der Waals surface area contributed by atoms with Gasteiger partial charge in [0.15, 0.2) is 0 Å². The molecule has 0 aliphatic carbocycles. The number of ether oxygens (including phenoxy) is 1. The zero-order valence-electron chi connectivity index (χ0n) is 22.4. The van der Waals surface area contributed by atoms with Gasteiger partial charge in [0.1, 0.15) is 11.9 Å². The molecule has 2 amide bonds. The summed E-state index contributed by atoms with van der Waals surface area (Å²) in [4.78, 5) is 41.2.